The lowest BCUT2D eigenvalue weighted by Gasteiger charge is -2.37. The number of anilines is 1. The Morgan fingerprint density at radius 3 is 2.43 bits per heavy atom. The zero-order chi connectivity index (χ0) is 19.9. The van der Waals surface area contributed by atoms with Crippen molar-refractivity contribution in [2.24, 2.45) is 11.8 Å². The van der Waals surface area contributed by atoms with Gasteiger partial charge in [0, 0.05) is 38.3 Å². The molecule has 1 aliphatic carbocycles. The van der Waals surface area contributed by atoms with E-state index >= 15 is 0 Å². The van der Waals surface area contributed by atoms with E-state index in [9.17, 15) is 9.59 Å². The standard InChI is InChI=1S/C22H34N4O2/c1-17(2)16-19(24-21(27)18-8-4-3-5-9-18)22(28)26-14-12-25(13-15-26)20-10-6-7-11-23-20/h6-7,10-11,17-19H,3-5,8-9,12-16H2,1-2H3,(H,24,27)/t19-/m0/s1. The van der Waals surface area contributed by atoms with Crippen LogP contribution in [0.5, 0.6) is 0 Å². The fraction of sp³-hybridized carbons (Fsp3) is 0.682. The molecule has 1 saturated carbocycles. The van der Waals surface area contributed by atoms with Crippen LogP contribution in [0.25, 0.3) is 0 Å². The lowest BCUT2D eigenvalue weighted by atomic mass is 9.88. The minimum Gasteiger partial charge on any atom is -0.353 e. The topological polar surface area (TPSA) is 65.5 Å². The Morgan fingerprint density at radius 2 is 1.82 bits per heavy atom. The Bertz CT molecular complexity index is 635. The van der Waals surface area contributed by atoms with E-state index in [-0.39, 0.29) is 17.7 Å². The molecule has 3 rings (SSSR count). The van der Waals surface area contributed by atoms with Crippen molar-refractivity contribution in [2.45, 2.75) is 58.4 Å². The van der Waals surface area contributed by atoms with Crippen molar-refractivity contribution in [3.8, 4) is 0 Å². The summed E-state index contributed by atoms with van der Waals surface area (Å²) in [5, 5.41) is 3.10. The maximum atomic E-state index is 13.2. The number of hydrogen-bond donors (Lipinski definition) is 1. The van der Waals surface area contributed by atoms with E-state index in [0.29, 0.717) is 25.4 Å². The second-order valence-electron chi connectivity index (χ2n) is 8.53. The fourth-order valence-electron chi connectivity index (χ4n) is 4.26. The van der Waals surface area contributed by atoms with E-state index in [4.69, 9.17) is 0 Å². The van der Waals surface area contributed by atoms with Gasteiger partial charge in [0.05, 0.1) is 0 Å². The van der Waals surface area contributed by atoms with Gasteiger partial charge in [-0.3, -0.25) is 9.59 Å². The van der Waals surface area contributed by atoms with Gasteiger partial charge in [-0.1, -0.05) is 39.2 Å². The number of amides is 2. The smallest absolute Gasteiger partial charge is 0.245 e. The number of nitrogens with zero attached hydrogens (tertiary/aromatic N) is 3. The van der Waals surface area contributed by atoms with Crippen LogP contribution < -0.4 is 10.2 Å². The molecule has 0 spiro atoms. The van der Waals surface area contributed by atoms with Gasteiger partial charge in [-0.15, -0.1) is 0 Å². The number of pyridine rings is 1. The third kappa shape index (κ3) is 5.46. The molecule has 1 atom stereocenters. The number of aromatic nitrogens is 1. The number of nitrogens with one attached hydrogen (secondary N) is 1. The first-order valence-corrected chi connectivity index (χ1v) is 10.8. The van der Waals surface area contributed by atoms with E-state index in [1.54, 1.807) is 6.20 Å². The Hall–Kier alpha value is -2.11. The van der Waals surface area contributed by atoms with Gasteiger partial charge in [-0.25, -0.2) is 4.98 Å². The molecule has 6 nitrogen and oxygen atoms in total. The van der Waals surface area contributed by atoms with Crippen LogP contribution in [0.15, 0.2) is 24.4 Å². The zero-order valence-electron chi connectivity index (χ0n) is 17.3. The van der Waals surface area contributed by atoms with Crippen LogP contribution in [0.4, 0.5) is 5.82 Å². The van der Waals surface area contributed by atoms with Crippen LogP contribution in [0.3, 0.4) is 0 Å². The second-order valence-corrected chi connectivity index (χ2v) is 8.53. The van der Waals surface area contributed by atoms with Crippen molar-refractivity contribution in [3.63, 3.8) is 0 Å². The van der Waals surface area contributed by atoms with Crippen LogP contribution in [0.1, 0.15) is 52.4 Å². The molecule has 0 radical (unpaired) electrons. The van der Waals surface area contributed by atoms with Crippen LogP contribution >= 0.6 is 0 Å². The summed E-state index contributed by atoms with van der Waals surface area (Å²) < 4.78 is 0. The van der Waals surface area contributed by atoms with Gasteiger partial charge < -0.3 is 15.1 Å². The lowest BCUT2D eigenvalue weighted by molar-refractivity contribution is -0.138. The van der Waals surface area contributed by atoms with Gasteiger partial charge >= 0.3 is 0 Å². The Labute approximate surface area is 168 Å². The van der Waals surface area contributed by atoms with Gasteiger partial charge in [-0.05, 0) is 37.3 Å². The molecule has 0 unspecified atom stereocenters. The van der Waals surface area contributed by atoms with E-state index in [1.807, 2.05) is 23.1 Å². The van der Waals surface area contributed by atoms with Crippen molar-refractivity contribution in [1.29, 1.82) is 0 Å². The van der Waals surface area contributed by atoms with Crippen molar-refractivity contribution in [3.05, 3.63) is 24.4 Å². The van der Waals surface area contributed by atoms with Gasteiger partial charge in [-0.2, -0.15) is 0 Å². The SMILES string of the molecule is CC(C)C[C@H](NC(=O)C1CCCCC1)C(=O)N1CCN(c2ccccn2)CC1. The summed E-state index contributed by atoms with van der Waals surface area (Å²) >= 11 is 0. The molecule has 2 fully saturated rings. The molecule has 1 aliphatic heterocycles. The number of piperazine rings is 1. The molecule has 0 bridgehead atoms. The first-order chi connectivity index (χ1) is 13.5. The van der Waals surface area contributed by atoms with Crippen molar-refractivity contribution in [2.75, 3.05) is 31.1 Å². The van der Waals surface area contributed by atoms with Gasteiger partial charge in [0.15, 0.2) is 0 Å². The van der Waals surface area contributed by atoms with Crippen LogP contribution in [0, 0.1) is 11.8 Å². The Morgan fingerprint density at radius 1 is 1.11 bits per heavy atom. The molecule has 1 N–H and O–H groups in total. The summed E-state index contributed by atoms with van der Waals surface area (Å²) in [6.07, 6.45) is 7.86. The van der Waals surface area contributed by atoms with Gasteiger partial charge in [0.25, 0.3) is 0 Å². The van der Waals surface area contributed by atoms with Crippen molar-refractivity contribution in [1.82, 2.24) is 15.2 Å². The maximum Gasteiger partial charge on any atom is 0.245 e. The summed E-state index contributed by atoms with van der Waals surface area (Å²) in [7, 11) is 0. The molecule has 154 valence electrons. The van der Waals surface area contributed by atoms with E-state index in [2.05, 4.69) is 29.0 Å². The summed E-state index contributed by atoms with van der Waals surface area (Å²) in [5.41, 5.74) is 0. The first kappa shape index (κ1) is 20.6. The summed E-state index contributed by atoms with van der Waals surface area (Å²) in [4.78, 5) is 34.4. The molecule has 1 saturated heterocycles. The Kier molecular flexibility index (Phi) is 7.29. The highest BCUT2D eigenvalue weighted by atomic mass is 16.2. The van der Waals surface area contributed by atoms with Crippen LogP contribution in [-0.2, 0) is 9.59 Å². The van der Waals surface area contributed by atoms with E-state index in [1.165, 1.54) is 6.42 Å². The Balaban J connectivity index is 1.57. The number of hydrogen-bond acceptors (Lipinski definition) is 4. The summed E-state index contributed by atoms with van der Waals surface area (Å²) in [6, 6.07) is 5.49. The molecular formula is C22H34N4O2. The van der Waals surface area contributed by atoms with Gasteiger partial charge in [0.2, 0.25) is 11.8 Å². The highest BCUT2D eigenvalue weighted by Gasteiger charge is 2.31. The normalized spacial score (nSPS) is 19.5. The molecular weight excluding hydrogens is 352 g/mol. The number of carbonyl (C=O) groups is 2. The molecule has 6 heteroatoms. The molecule has 1 aromatic rings. The lowest BCUT2D eigenvalue weighted by Crippen LogP contribution is -2.56. The molecule has 1 aromatic heterocycles. The molecule has 2 aliphatic rings. The molecule has 28 heavy (non-hydrogen) atoms. The van der Waals surface area contributed by atoms with Crippen LogP contribution in [0.2, 0.25) is 0 Å². The van der Waals surface area contributed by atoms with E-state index < -0.39 is 6.04 Å². The minimum absolute atomic E-state index is 0.0681. The summed E-state index contributed by atoms with van der Waals surface area (Å²) in [6.45, 7) is 7.09. The third-order valence-corrected chi connectivity index (χ3v) is 5.86. The average molecular weight is 387 g/mol. The number of carbonyl (C=O) groups excluding carboxylic acids is 2. The second kappa shape index (κ2) is 9.89. The highest BCUT2D eigenvalue weighted by molar-refractivity contribution is 5.88. The predicted molar refractivity (Wildman–Crippen MR) is 111 cm³/mol. The third-order valence-electron chi connectivity index (χ3n) is 5.86. The molecule has 2 amide bonds. The molecule has 0 aromatic carbocycles. The summed E-state index contributed by atoms with van der Waals surface area (Å²) in [5.74, 6) is 1.54. The van der Waals surface area contributed by atoms with Gasteiger partial charge in [0.1, 0.15) is 11.9 Å². The molecule has 2 heterocycles. The van der Waals surface area contributed by atoms with Crippen molar-refractivity contribution >= 4 is 17.6 Å². The highest BCUT2D eigenvalue weighted by Crippen LogP contribution is 2.24. The predicted octanol–water partition coefficient (Wildman–Crippen LogP) is 2.84. The quantitative estimate of drug-likeness (QED) is 0.816. The maximum absolute atomic E-state index is 13.2. The van der Waals surface area contributed by atoms with E-state index in [0.717, 1.165) is 44.6 Å². The largest absolute Gasteiger partial charge is 0.353 e. The zero-order valence-corrected chi connectivity index (χ0v) is 17.3. The minimum atomic E-state index is -0.407. The fourth-order valence-corrected chi connectivity index (χ4v) is 4.26. The monoisotopic (exact) mass is 386 g/mol. The average Bonchev–Trinajstić information content (AvgIpc) is 2.74. The van der Waals surface area contributed by atoms with Crippen LogP contribution in [-0.4, -0.2) is 53.9 Å². The number of rotatable bonds is 6. The van der Waals surface area contributed by atoms with Crippen molar-refractivity contribution < 1.29 is 9.59 Å². The first-order valence-electron chi connectivity index (χ1n) is 10.8.